The Morgan fingerprint density at radius 1 is 0.333 bits per heavy atom. The van der Waals surface area contributed by atoms with Crippen LogP contribution in [0.2, 0.25) is 0 Å². The van der Waals surface area contributed by atoms with E-state index in [1.54, 1.807) is 6.20 Å². The molecule has 0 radical (unpaired) electrons. The van der Waals surface area contributed by atoms with E-state index < -0.39 is 0 Å². The fourth-order valence-corrected chi connectivity index (χ4v) is 6.29. The molecular weight excluding hydrogens is 587 g/mol. The van der Waals surface area contributed by atoms with E-state index in [-0.39, 0.29) is 0 Å². The molecule has 9 aromatic rings. The molecule has 9 rings (SSSR count). The average molecular weight is 614 g/mol. The molecule has 0 unspecified atom stereocenters. The lowest BCUT2D eigenvalue weighted by atomic mass is 9.99. The van der Waals surface area contributed by atoms with Crippen LogP contribution in [-0.4, -0.2) is 24.9 Å². The Morgan fingerprint density at radius 2 is 0.938 bits per heavy atom. The second-order valence-corrected chi connectivity index (χ2v) is 11.8. The molecule has 0 saturated carbocycles. The third kappa shape index (κ3) is 5.04. The zero-order valence-corrected chi connectivity index (χ0v) is 25.8. The number of fused-ring (bicyclic) bond motifs is 4. The van der Waals surface area contributed by atoms with Crippen molar-refractivity contribution in [3.8, 4) is 56.7 Å². The molecule has 0 fully saturated rings. The first kappa shape index (κ1) is 27.7. The summed E-state index contributed by atoms with van der Waals surface area (Å²) in [7, 11) is 0. The number of nitrogens with zero attached hydrogens (tertiary/aromatic N) is 5. The van der Waals surface area contributed by atoms with Gasteiger partial charge >= 0.3 is 0 Å². The van der Waals surface area contributed by atoms with Crippen molar-refractivity contribution >= 4 is 32.4 Å². The third-order valence-corrected chi connectivity index (χ3v) is 8.72. The quantitative estimate of drug-likeness (QED) is 0.181. The van der Waals surface area contributed by atoms with Crippen molar-refractivity contribution in [2.24, 2.45) is 0 Å². The highest BCUT2D eigenvalue weighted by Crippen LogP contribution is 2.36. The third-order valence-electron chi connectivity index (χ3n) is 8.72. The standard InChI is InChI=1S/C43H27N5/c1-3-12-30(13-4-1)42-45-38(33-20-18-28-11-7-8-16-32(28)25-33)27-39(46-42)34-21-19-29-22-23-35-40(36(29)26-34)47-43(31-14-5-2-6-15-31)48-41(35)37-17-9-10-24-44-37/h1-27H. The predicted molar refractivity (Wildman–Crippen MR) is 195 cm³/mol. The molecule has 3 heterocycles. The molecule has 3 aromatic heterocycles. The van der Waals surface area contributed by atoms with E-state index >= 15 is 0 Å². The first-order valence-corrected chi connectivity index (χ1v) is 15.9. The highest BCUT2D eigenvalue weighted by Gasteiger charge is 2.16. The van der Waals surface area contributed by atoms with Crippen molar-refractivity contribution in [3.63, 3.8) is 0 Å². The van der Waals surface area contributed by atoms with Crippen molar-refractivity contribution in [1.82, 2.24) is 24.9 Å². The van der Waals surface area contributed by atoms with E-state index in [4.69, 9.17) is 19.9 Å². The normalized spacial score (nSPS) is 11.3. The predicted octanol–water partition coefficient (Wildman–Crippen LogP) is 10.5. The Kier molecular flexibility index (Phi) is 6.72. The van der Waals surface area contributed by atoms with Crippen LogP contribution in [0.3, 0.4) is 0 Å². The van der Waals surface area contributed by atoms with Gasteiger partial charge in [-0.3, -0.25) is 4.98 Å². The molecular formula is C43H27N5. The van der Waals surface area contributed by atoms with E-state index in [1.807, 2.05) is 66.7 Å². The maximum Gasteiger partial charge on any atom is 0.160 e. The Hall–Kier alpha value is -6.59. The molecule has 0 bridgehead atoms. The van der Waals surface area contributed by atoms with Crippen molar-refractivity contribution in [3.05, 3.63) is 164 Å². The number of hydrogen-bond donors (Lipinski definition) is 0. The Bertz CT molecular complexity index is 2600. The van der Waals surface area contributed by atoms with Gasteiger partial charge in [0.2, 0.25) is 0 Å². The Balaban J connectivity index is 1.28. The van der Waals surface area contributed by atoms with Crippen LogP contribution < -0.4 is 0 Å². The molecule has 0 spiro atoms. The summed E-state index contributed by atoms with van der Waals surface area (Å²) in [5, 5.41) is 5.42. The topological polar surface area (TPSA) is 64.5 Å². The number of aromatic nitrogens is 5. The zero-order valence-electron chi connectivity index (χ0n) is 25.8. The minimum Gasteiger partial charge on any atom is -0.255 e. The smallest absolute Gasteiger partial charge is 0.160 e. The molecule has 0 aliphatic rings. The van der Waals surface area contributed by atoms with E-state index in [9.17, 15) is 0 Å². The van der Waals surface area contributed by atoms with Gasteiger partial charge in [0, 0.05) is 39.2 Å². The van der Waals surface area contributed by atoms with Gasteiger partial charge in [0.1, 0.15) is 5.69 Å². The van der Waals surface area contributed by atoms with Crippen LogP contribution >= 0.6 is 0 Å². The summed E-state index contributed by atoms with van der Waals surface area (Å²) in [5.74, 6) is 1.34. The van der Waals surface area contributed by atoms with Crippen LogP contribution in [0, 0.1) is 0 Å². The molecule has 0 N–H and O–H groups in total. The molecule has 6 aromatic carbocycles. The Labute approximate surface area is 277 Å². The average Bonchev–Trinajstić information content (AvgIpc) is 3.18. The van der Waals surface area contributed by atoms with Crippen LogP contribution in [-0.2, 0) is 0 Å². The summed E-state index contributed by atoms with van der Waals surface area (Å²) in [4.78, 5) is 25.1. The first-order valence-electron chi connectivity index (χ1n) is 15.9. The number of rotatable bonds is 5. The fourth-order valence-electron chi connectivity index (χ4n) is 6.29. The lowest BCUT2D eigenvalue weighted by Crippen LogP contribution is -1.98. The minimum absolute atomic E-state index is 0.661. The van der Waals surface area contributed by atoms with Gasteiger partial charge in [0.25, 0.3) is 0 Å². The summed E-state index contributed by atoms with van der Waals surface area (Å²) in [6.45, 7) is 0. The maximum absolute atomic E-state index is 5.18. The summed E-state index contributed by atoms with van der Waals surface area (Å²) in [6, 6.07) is 53.9. The minimum atomic E-state index is 0.661. The van der Waals surface area contributed by atoms with Gasteiger partial charge in [0.15, 0.2) is 11.6 Å². The van der Waals surface area contributed by atoms with E-state index in [0.29, 0.717) is 11.6 Å². The molecule has 48 heavy (non-hydrogen) atoms. The largest absolute Gasteiger partial charge is 0.255 e. The van der Waals surface area contributed by atoms with Crippen molar-refractivity contribution in [2.45, 2.75) is 0 Å². The molecule has 0 aliphatic heterocycles. The lowest BCUT2D eigenvalue weighted by Gasteiger charge is -2.13. The van der Waals surface area contributed by atoms with E-state index in [2.05, 4.69) is 96.0 Å². The van der Waals surface area contributed by atoms with E-state index in [1.165, 1.54) is 10.8 Å². The van der Waals surface area contributed by atoms with Crippen LogP contribution in [0.1, 0.15) is 0 Å². The molecule has 5 heteroatoms. The highest BCUT2D eigenvalue weighted by molar-refractivity contribution is 6.10. The van der Waals surface area contributed by atoms with Gasteiger partial charge < -0.3 is 0 Å². The molecule has 0 saturated heterocycles. The number of benzene rings is 6. The van der Waals surface area contributed by atoms with Crippen LogP contribution in [0.5, 0.6) is 0 Å². The highest BCUT2D eigenvalue weighted by atomic mass is 14.9. The number of pyridine rings is 1. The van der Waals surface area contributed by atoms with Crippen LogP contribution in [0.4, 0.5) is 0 Å². The van der Waals surface area contributed by atoms with E-state index in [0.717, 1.165) is 66.7 Å². The lowest BCUT2D eigenvalue weighted by molar-refractivity contribution is 1.18. The summed E-state index contributed by atoms with van der Waals surface area (Å²) in [5.41, 5.74) is 8.13. The SMILES string of the molecule is c1ccc(-c2nc(-c3ccc4ccccc4c3)cc(-c3ccc4ccc5c(-c6ccccn6)nc(-c6ccccc6)nc5c4c3)n2)cc1. The first-order chi connectivity index (χ1) is 23.8. The molecule has 0 amide bonds. The van der Waals surface area contributed by atoms with Crippen LogP contribution in [0.25, 0.3) is 89.1 Å². The molecule has 5 nitrogen and oxygen atoms in total. The van der Waals surface area contributed by atoms with Gasteiger partial charge in [-0.2, -0.15) is 0 Å². The van der Waals surface area contributed by atoms with Gasteiger partial charge in [0.05, 0.1) is 22.6 Å². The van der Waals surface area contributed by atoms with Gasteiger partial charge in [-0.05, 0) is 52.6 Å². The Morgan fingerprint density at radius 3 is 1.65 bits per heavy atom. The monoisotopic (exact) mass is 613 g/mol. The fraction of sp³-hybridized carbons (Fsp3) is 0. The summed E-state index contributed by atoms with van der Waals surface area (Å²) < 4.78 is 0. The van der Waals surface area contributed by atoms with Gasteiger partial charge in [-0.25, -0.2) is 19.9 Å². The molecule has 0 atom stereocenters. The van der Waals surface area contributed by atoms with Crippen molar-refractivity contribution in [1.29, 1.82) is 0 Å². The van der Waals surface area contributed by atoms with Gasteiger partial charge in [-0.1, -0.05) is 121 Å². The van der Waals surface area contributed by atoms with Crippen molar-refractivity contribution < 1.29 is 0 Å². The van der Waals surface area contributed by atoms with Crippen molar-refractivity contribution in [2.75, 3.05) is 0 Å². The summed E-state index contributed by atoms with van der Waals surface area (Å²) >= 11 is 0. The zero-order chi connectivity index (χ0) is 31.9. The molecule has 0 aliphatic carbocycles. The second-order valence-electron chi connectivity index (χ2n) is 11.8. The van der Waals surface area contributed by atoms with Crippen LogP contribution in [0.15, 0.2) is 164 Å². The van der Waals surface area contributed by atoms with Gasteiger partial charge in [-0.15, -0.1) is 0 Å². The number of hydrogen-bond acceptors (Lipinski definition) is 5. The maximum atomic E-state index is 5.18. The molecule has 224 valence electrons. The summed E-state index contributed by atoms with van der Waals surface area (Å²) in [6.07, 6.45) is 1.80. The second kappa shape index (κ2) is 11.6.